The normalized spacial score (nSPS) is 11.0. The van der Waals surface area contributed by atoms with E-state index in [1.54, 1.807) is 26.2 Å². The van der Waals surface area contributed by atoms with E-state index in [4.69, 9.17) is 4.74 Å². The van der Waals surface area contributed by atoms with Crippen molar-refractivity contribution >= 4 is 29.9 Å². The molecule has 2 aromatic rings. The van der Waals surface area contributed by atoms with E-state index in [0.717, 1.165) is 17.7 Å². The number of nitrogens with one attached hydrogen (secondary N) is 1. The van der Waals surface area contributed by atoms with E-state index in [2.05, 4.69) is 10.3 Å². The maximum absolute atomic E-state index is 13.8. The average Bonchev–Trinajstić information content (AvgIpc) is 2.61. The number of nitrogens with zero attached hydrogens (tertiary/aromatic N) is 2. The molecule has 1 N–H and O–H groups in total. The van der Waals surface area contributed by atoms with Gasteiger partial charge in [-0.2, -0.15) is 0 Å². The highest BCUT2D eigenvalue weighted by Gasteiger charge is 2.10. The van der Waals surface area contributed by atoms with Gasteiger partial charge in [0, 0.05) is 27.2 Å². The molecule has 0 saturated carbocycles. The number of benzene rings is 2. The zero-order chi connectivity index (χ0) is 19.1. The van der Waals surface area contributed by atoms with Gasteiger partial charge in [0.15, 0.2) is 17.5 Å². The van der Waals surface area contributed by atoms with E-state index in [-0.39, 0.29) is 29.7 Å². The van der Waals surface area contributed by atoms with Gasteiger partial charge in [0.2, 0.25) is 0 Å². The first-order valence-corrected chi connectivity index (χ1v) is 8.12. The third-order valence-corrected chi connectivity index (χ3v) is 3.89. The van der Waals surface area contributed by atoms with Gasteiger partial charge in [-0.05, 0) is 47.9 Å². The van der Waals surface area contributed by atoms with Gasteiger partial charge in [-0.15, -0.1) is 24.0 Å². The van der Waals surface area contributed by atoms with Gasteiger partial charge in [0.1, 0.15) is 11.6 Å². The molecule has 0 radical (unpaired) electrons. The molecule has 4 nitrogen and oxygen atoms in total. The van der Waals surface area contributed by atoms with E-state index < -0.39 is 17.5 Å². The minimum atomic E-state index is -0.468. The van der Waals surface area contributed by atoms with Crippen molar-refractivity contribution in [1.82, 2.24) is 10.2 Å². The highest BCUT2D eigenvalue weighted by Crippen LogP contribution is 2.18. The fourth-order valence-electron chi connectivity index (χ4n) is 2.59. The summed E-state index contributed by atoms with van der Waals surface area (Å²) in [7, 11) is 4.84. The Morgan fingerprint density at radius 2 is 1.85 bits per heavy atom. The highest BCUT2D eigenvalue weighted by atomic mass is 127. The zero-order valence-electron chi connectivity index (χ0n) is 15.4. The summed E-state index contributed by atoms with van der Waals surface area (Å²) in [5.41, 5.74) is 1.05. The molecular weight excluding hydrogens is 470 g/mol. The molecule has 0 atom stereocenters. The number of hydrogen-bond donors (Lipinski definition) is 1. The van der Waals surface area contributed by atoms with Crippen molar-refractivity contribution in [1.29, 1.82) is 0 Å². The standard InChI is InChI=1S/C19H22F3N3O.HI/c1-23-19(24-9-8-14-11-15(20)5-6-16(14)21)25(2)12-13-4-7-18(26-3)17(22)10-13;/h4-7,10-11H,8-9,12H2,1-3H3,(H,23,24);1H. The van der Waals surface area contributed by atoms with Crippen LogP contribution in [0.25, 0.3) is 0 Å². The van der Waals surface area contributed by atoms with Crippen LogP contribution >= 0.6 is 24.0 Å². The topological polar surface area (TPSA) is 36.9 Å². The van der Waals surface area contributed by atoms with Gasteiger partial charge >= 0.3 is 0 Å². The number of guanidine groups is 1. The van der Waals surface area contributed by atoms with Crippen LogP contribution in [0.1, 0.15) is 11.1 Å². The molecule has 0 aliphatic heterocycles. The van der Waals surface area contributed by atoms with Crippen LogP contribution in [0.4, 0.5) is 13.2 Å². The molecule has 0 aliphatic rings. The Bertz CT molecular complexity index is 787. The summed E-state index contributed by atoms with van der Waals surface area (Å²) < 4.78 is 45.5. The molecule has 0 aromatic heterocycles. The molecule has 0 saturated heterocycles. The number of ether oxygens (including phenoxy) is 1. The summed E-state index contributed by atoms with van der Waals surface area (Å²) in [5.74, 6) is -0.577. The molecule has 0 fully saturated rings. The predicted octanol–water partition coefficient (Wildman–Crippen LogP) is 3.98. The summed E-state index contributed by atoms with van der Waals surface area (Å²) in [5, 5.41) is 3.09. The summed E-state index contributed by atoms with van der Waals surface area (Å²) in [6.07, 6.45) is 0.313. The van der Waals surface area contributed by atoms with Crippen LogP contribution < -0.4 is 10.1 Å². The highest BCUT2D eigenvalue weighted by molar-refractivity contribution is 14.0. The van der Waals surface area contributed by atoms with Crippen LogP contribution in [0.5, 0.6) is 5.75 Å². The van der Waals surface area contributed by atoms with Gasteiger partial charge in [-0.25, -0.2) is 13.2 Å². The predicted molar refractivity (Wildman–Crippen MR) is 111 cm³/mol. The van der Waals surface area contributed by atoms with Gasteiger partial charge in [0.05, 0.1) is 7.11 Å². The van der Waals surface area contributed by atoms with E-state index in [0.29, 0.717) is 31.0 Å². The fourth-order valence-corrected chi connectivity index (χ4v) is 2.59. The van der Waals surface area contributed by atoms with Crippen LogP contribution in [-0.4, -0.2) is 38.6 Å². The second kappa shape index (κ2) is 11.0. The Hall–Kier alpha value is -1.97. The molecular formula is C19H23F3IN3O. The van der Waals surface area contributed by atoms with E-state index >= 15 is 0 Å². The molecule has 2 aromatic carbocycles. The number of rotatable bonds is 6. The third kappa shape index (κ3) is 6.60. The Kier molecular flexibility index (Phi) is 9.40. The number of aliphatic imine (C=N–C) groups is 1. The van der Waals surface area contributed by atoms with Crippen LogP contribution in [0, 0.1) is 17.5 Å². The lowest BCUT2D eigenvalue weighted by Gasteiger charge is -2.22. The Morgan fingerprint density at radius 1 is 1.11 bits per heavy atom. The maximum atomic E-state index is 13.8. The van der Waals surface area contributed by atoms with Crippen LogP contribution in [0.15, 0.2) is 41.4 Å². The second-order valence-corrected chi connectivity index (χ2v) is 5.78. The van der Waals surface area contributed by atoms with E-state index in [9.17, 15) is 13.2 Å². The molecule has 27 heavy (non-hydrogen) atoms. The zero-order valence-corrected chi connectivity index (χ0v) is 17.8. The quantitative estimate of drug-likeness (QED) is 0.376. The first kappa shape index (κ1) is 23.1. The molecule has 0 bridgehead atoms. The smallest absolute Gasteiger partial charge is 0.193 e. The lowest BCUT2D eigenvalue weighted by molar-refractivity contribution is 0.385. The van der Waals surface area contributed by atoms with Crippen molar-refractivity contribution in [3.05, 3.63) is 65.0 Å². The van der Waals surface area contributed by atoms with E-state index in [1.807, 2.05) is 4.90 Å². The first-order chi connectivity index (χ1) is 12.4. The average molecular weight is 493 g/mol. The number of hydrogen-bond acceptors (Lipinski definition) is 2. The molecule has 0 aliphatic carbocycles. The summed E-state index contributed by atoms with van der Waals surface area (Å²) >= 11 is 0. The van der Waals surface area contributed by atoms with Crippen LogP contribution in [0.3, 0.4) is 0 Å². The molecule has 0 heterocycles. The Morgan fingerprint density at radius 3 is 2.48 bits per heavy atom. The van der Waals surface area contributed by atoms with Crippen molar-refractivity contribution in [2.75, 3.05) is 27.7 Å². The molecule has 148 valence electrons. The van der Waals surface area contributed by atoms with Crippen molar-refractivity contribution in [3.63, 3.8) is 0 Å². The number of halogens is 4. The SMILES string of the molecule is CN=C(NCCc1cc(F)ccc1F)N(C)Cc1ccc(OC)c(F)c1.I. The molecule has 2 rings (SSSR count). The van der Waals surface area contributed by atoms with Crippen molar-refractivity contribution in [2.45, 2.75) is 13.0 Å². The fraction of sp³-hybridized carbons (Fsp3) is 0.316. The first-order valence-electron chi connectivity index (χ1n) is 8.12. The largest absolute Gasteiger partial charge is 0.494 e. The molecule has 0 unspecified atom stereocenters. The molecule has 0 amide bonds. The monoisotopic (exact) mass is 493 g/mol. The van der Waals surface area contributed by atoms with Crippen molar-refractivity contribution < 1.29 is 17.9 Å². The lowest BCUT2D eigenvalue weighted by atomic mass is 10.1. The van der Waals surface area contributed by atoms with Gasteiger partial charge < -0.3 is 15.0 Å². The summed E-state index contributed by atoms with van der Waals surface area (Å²) in [6.45, 7) is 0.809. The second-order valence-electron chi connectivity index (χ2n) is 5.78. The number of methoxy groups -OCH3 is 1. The van der Waals surface area contributed by atoms with Gasteiger partial charge in [-0.1, -0.05) is 6.07 Å². The van der Waals surface area contributed by atoms with Crippen LogP contribution in [0.2, 0.25) is 0 Å². The lowest BCUT2D eigenvalue weighted by Crippen LogP contribution is -2.39. The maximum Gasteiger partial charge on any atom is 0.193 e. The van der Waals surface area contributed by atoms with Crippen molar-refractivity contribution in [3.8, 4) is 5.75 Å². The van der Waals surface area contributed by atoms with Gasteiger partial charge in [0.25, 0.3) is 0 Å². The Labute approximate surface area is 174 Å². The minimum absolute atomic E-state index is 0. The Balaban J connectivity index is 0.00000364. The summed E-state index contributed by atoms with van der Waals surface area (Å²) in [4.78, 5) is 5.97. The van der Waals surface area contributed by atoms with Gasteiger partial charge in [-0.3, -0.25) is 4.99 Å². The van der Waals surface area contributed by atoms with Crippen molar-refractivity contribution in [2.24, 2.45) is 4.99 Å². The van der Waals surface area contributed by atoms with Crippen LogP contribution in [-0.2, 0) is 13.0 Å². The third-order valence-electron chi connectivity index (χ3n) is 3.89. The minimum Gasteiger partial charge on any atom is -0.494 e. The molecule has 0 spiro atoms. The van der Waals surface area contributed by atoms with E-state index in [1.165, 1.54) is 19.2 Å². The molecule has 8 heteroatoms. The summed E-state index contributed by atoms with van der Waals surface area (Å²) in [6, 6.07) is 8.14.